The van der Waals surface area contributed by atoms with Gasteiger partial charge in [-0.05, 0) is 25.8 Å². The topological polar surface area (TPSA) is 42.7 Å². The normalized spacial score (nSPS) is 11.2. The van der Waals surface area contributed by atoms with Crippen LogP contribution in [-0.4, -0.2) is 21.3 Å². The Bertz CT molecular complexity index is 278. The van der Waals surface area contributed by atoms with Crippen LogP contribution in [0, 0.1) is 12.8 Å². The van der Waals surface area contributed by atoms with Crippen molar-refractivity contribution in [3.05, 3.63) is 11.6 Å². The van der Waals surface area contributed by atoms with E-state index >= 15 is 0 Å². The van der Waals surface area contributed by atoms with E-state index in [2.05, 4.69) is 29.4 Å². The van der Waals surface area contributed by atoms with Gasteiger partial charge in [0.05, 0.1) is 6.54 Å². The summed E-state index contributed by atoms with van der Waals surface area (Å²) in [4.78, 5) is 0. The number of nitrogens with zero attached hydrogens (tertiary/aromatic N) is 3. The van der Waals surface area contributed by atoms with E-state index < -0.39 is 0 Å². The summed E-state index contributed by atoms with van der Waals surface area (Å²) in [5.41, 5.74) is 0. The van der Waals surface area contributed by atoms with Gasteiger partial charge in [0.25, 0.3) is 0 Å². The Labute approximate surface area is 85.7 Å². The molecule has 1 aromatic heterocycles. The van der Waals surface area contributed by atoms with Crippen LogP contribution < -0.4 is 5.32 Å². The van der Waals surface area contributed by atoms with E-state index in [-0.39, 0.29) is 0 Å². The molecule has 0 amide bonds. The van der Waals surface area contributed by atoms with Crippen molar-refractivity contribution in [2.24, 2.45) is 13.0 Å². The van der Waals surface area contributed by atoms with Crippen LogP contribution in [0.4, 0.5) is 0 Å². The average molecular weight is 196 g/mol. The molecule has 0 fully saturated rings. The minimum Gasteiger partial charge on any atom is -0.317 e. The fourth-order valence-corrected chi connectivity index (χ4v) is 1.20. The predicted octanol–water partition coefficient (Wildman–Crippen LogP) is 1.26. The summed E-state index contributed by atoms with van der Waals surface area (Å²) in [5.74, 6) is 2.72. The van der Waals surface area contributed by atoms with Crippen LogP contribution >= 0.6 is 0 Å². The maximum atomic E-state index is 4.08. The van der Waals surface area contributed by atoms with Crippen LogP contribution in [0.5, 0.6) is 0 Å². The third kappa shape index (κ3) is 3.10. The summed E-state index contributed by atoms with van der Waals surface area (Å²) in [6.45, 7) is 8.28. The van der Waals surface area contributed by atoms with Gasteiger partial charge in [0.1, 0.15) is 11.6 Å². The highest BCUT2D eigenvalue weighted by molar-refractivity contribution is 4.91. The molecule has 0 unspecified atom stereocenters. The first kappa shape index (κ1) is 11.2. The molecule has 1 N–H and O–H groups in total. The van der Waals surface area contributed by atoms with Crippen molar-refractivity contribution in [2.45, 2.75) is 33.7 Å². The Morgan fingerprint density at radius 3 is 2.57 bits per heavy atom. The molecule has 1 aromatic rings. The second-order valence-corrected chi connectivity index (χ2v) is 4.08. The quantitative estimate of drug-likeness (QED) is 0.721. The van der Waals surface area contributed by atoms with E-state index in [1.807, 2.05) is 18.5 Å². The maximum Gasteiger partial charge on any atom is 0.146 e. The van der Waals surface area contributed by atoms with Gasteiger partial charge in [-0.1, -0.05) is 13.8 Å². The lowest BCUT2D eigenvalue weighted by Crippen LogP contribution is -2.18. The summed E-state index contributed by atoms with van der Waals surface area (Å²) in [7, 11) is 1.99. The van der Waals surface area contributed by atoms with Gasteiger partial charge in [-0.25, -0.2) is 0 Å². The number of hydrogen-bond donors (Lipinski definition) is 1. The van der Waals surface area contributed by atoms with Crippen molar-refractivity contribution < 1.29 is 0 Å². The van der Waals surface area contributed by atoms with Crippen molar-refractivity contribution in [2.75, 3.05) is 6.54 Å². The molecule has 4 nitrogen and oxygen atoms in total. The zero-order valence-electron chi connectivity index (χ0n) is 9.54. The van der Waals surface area contributed by atoms with E-state index in [0.717, 1.165) is 30.7 Å². The molecule has 0 atom stereocenters. The van der Waals surface area contributed by atoms with Gasteiger partial charge in [-0.2, -0.15) is 0 Å². The van der Waals surface area contributed by atoms with Crippen molar-refractivity contribution >= 4 is 0 Å². The van der Waals surface area contributed by atoms with Crippen LogP contribution in [0.1, 0.15) is 31.9 Å². The average Bonchev–Trinajstić information content (AvgIpc) is 2.43. The summed E-state index contributed by atoms with van der Waals surface area (Å²) < 4.78 is 2.02. The number of aromatic nitrogens is 3. The molecule has 0 saturated heterocycles. The molecule has 1 rings (SSSR count). The molecule has 80 valence electrons. The largest absolute Gasteiger partial charge is 0.317 e. The Balaban J connectivity index is 2.28. The van der Waals surface area contributed by atoms with Crippen LogP contribution in [0.3, 0.4) is 0 Å². The van der Waals surface area contributed by atoms with Gasteiger partial charge in [-0.3, -0.25) is 0 Å². The molecule has 0 aliphatic heterocycles. The maximum absolute atomic E-state index is 4.08. The van der Waals surface area contributed by atoms with Gasteiger partial charge in [0.15, 0.2) is 0 Å². The summed E-state index contributed by atoms with van der Waals surface area (Å²) >= 11 is 0. The van der Waals surface area contributed by atoms with Gasteiger partial charge in [0, 0.05) is 7.05 Å². The smallest absolute Gasteiger partial charge is 0.146 e. The lowest BCUT2D eigenvalue weighted by Gasteiger charge is -2.06. The molecule has 0 bridgehead atoms. The van der Waals surface area contributed by atoms with Crippen LogP contribution in [0.25, 0.3) is 0 Å². The van der Waals surface area contributed by atoms with Crippen molar-refractivity contribution in [3.8, 4) is 0 Å². The number of rotatable bonds is 5. The van der Waals surface area contributed by atoms with E-state index in [4.69, 9.17) is 0 Å². The van der Waals surface area contributed by atoms with Crippen molar-refractivity contribution in [1.29, 1.82) is 0 Å². The third-order valence-corrected chi connectivity index (χ3v) is 2.36. The standard InChI is InChI=1S/C10H20N4/c1-8(2)5-6-11-7-10-13-12-9(3)14(10)4/h8,11H,5-7H2,1-4H3. The highest BCUT2D eigenvalue weighted by Gasteiger charge is 2.03. The highest BCUT2D eigenvalue weighted by atomic mass is 15.3. The van der Waals surface area contributed by atoms with E-state index in [0.29, 0.717) is 0 Å². The summed E-state index contributed by atoms with van der Waals surface area (Å²) in [6, 6.07) is 0. The fourth-order valence-electron chi connectivity index (χ4n) is 1.20. The number of aryl methyl sites for hydroxylation is 1. The molecule has 0 aliphatic carbocycles. The molecule has 4 heteroatoms. The SMILES string of the molecule is Cc1nnc(CNCCC(C)C)n1C. The first-order valence-corrected chi connectivity index (χ1v) is 5.17. The zero-order valence-corrected chi connectivity index (χ0v) is 9.54. The van der Waals surface area contributed by atoms with Crippen molar-refractivity contribution in [3.63, 3.8) is 0 Å². The Morgan fingerprint density at radius 1 is 1.36 bits per heavy atom. The zero-order chi connectivity index (χ0) is 10.6. The monoisotopic (exact) mass is 196 g/mol. The summed E-state index contributed by atoms with van der Waals surface area (Å²) in [5, 5.41) is 11.4. The molecular weight excluding hydrogens is 176 g/mol. The molecule has 0 aromatic carbocycles. The Kier molecular flexibility index (Phi) is 4.07. The van der Waals surface area contributed by atoms with E-state index in [9.17, 15) is 0 Å². The lowest BCUT2D eigenvalue weighted by molar-refractivity contribution is 0.526. The van der Waals surface area contributed by atoms with Crippen LogP contribution in [0.15, 0.2) is 0 Å². The Morgan fingerprint density at radius 2 is 2.07 bits per heavy atom. The minimum atomic E-state index is 0.753. The predicted molar refractivity (Wildman–Crippen MR) is 56.9 cm³/mol. The first-order chi connectivity index (χ1) is 6.61. The third-order valence-electron chi connectivity index (χ3n) is 2.36. The van der Waals surface area contributed by atoms with Gasteiger partial charge in [0.2, 0.25) is 0 Å². The first-order valence-electron chi connectivity index (χ1n) is 5.17. The van der Waals surface area contributed by atoms with Gasteiger partial charge >= 0.3 is 0 Å². The molecule has 0 spiro atoms. The summed E-state index contributed by atoms with van der Waals surface area (Å²) in [6.07, 6.45) is 1.21. The van der Waals surface area contributed by atoms with Gasteiger partial charge in [-0.15, -0.1) is 10.2 Å². The fraction of sp³-hybridized carbons (Fsp3) is 0.800. The molecule has 0 aliphatic rings. The molecule has 0 saturated carbocycles. The molecule has 0 radical (unpaired) electrons. The second kappa shape index (κ2) is 5.10. The highest BCUT2D eigenvalue weighted by Crippen LogP contribution is 1.99. The van der Waals surface area contributed by atoms with Crippen LogP contribution in [0.2, 0.25) is 0 Å². The molecule has 14 heavy (non-hydrogen) atoms. The lowest BCUT2D eigenvalue weighted by atomic mass is 10.1. The van der Waals surface area contributed by atoms with Crippen molar-refractivity contribution in [1.82, 2.24) is 20.1 Å². The van der Waals surface area contributed by atoms with E-state index in [1.165, 1.54) is 6.42 Å². The number of nitrogens with one attached hydrogen (secondary N) is 1. The van der Waals surface area contributed by atoms with E-state index in [1.54, 1.807) is 0 Å². The molecular formula is C10H20N4. The minimum absolute atomic E-state index is 0.753. The second-order valence-electron chi connectivity index (χ2n) is 4.08. The Hall–Kier alpha value is -0.900. The van der Waals surface area contributed by atoms with Crippen LogP contribution in [-0.2, 0) is 13.6 Å². The number of hydrogen-bond acceptors (Lipinski definition) is 3. The molecule has 1 heterocycles. The van der Waals surface area contributed by atoms with Gasteiger partial charge < -0.3 is 9.88 Å².